The summed E-state index contributed by atoms with van der Waals surface area (Å²) in [6.45, 7) is 0. The van der Waals surface area contributed by atoms with Crippen LogP contribution in [-0.2, 0) is 0 Å². The standard InChI is InChI=1S/C13H11N7/c14-13-18-11-9(3-4-15-11)12(19-13)17-8-1-2-10-7(5-8)6-16-20-10/h1-6H,(H,16,20)(H4,14,15,17,18,19)/p+1. The Morgan fingerprint density at radius 2 is 2.20 bits per heavy atom. The largest absolute Gasteiger partial charge is 0.344 e. The lowest BCUT2D eigenvalue weighted by Gasteiger charge is -2.04. The van der Waals surface area contributed by atoms with Crippen molar-refractivity contribution in [2.75, 3.05) is 11.1 Å². The number of nitrogen functional groups attached to an aromatic ring is 1. The van der Waals surface area contributed by atoms with Crippen molar-refractivity contribution in [3.8, 4) is 0 Å². The maximum absolute atomic E-state index is 5.77. The maximum atomic E-state index is 5.77. The highest BCUT2D eigenvalue weighted by molar-refractivity contribution is 5.89. The molecule has 3 heterocycles. The molecule has 0 spiro atoms. The molecule has 4 aromatic rings. The van der Waals surface area contributed by atoms with Crippen molar-refractivity contribution in [3.63, 3.8) is 0 Å². The normalized spacial score (nSPS) is 11.2. The van der Waals surface area contributed by atoms with E-state index < -0.39 is 0 Å². The zero-order valence-electron chi connectivity index (χ0n) is 10.4. The summed E-state index contributed by atoms with van der Waals surface area (Å²) in [5.74, 6) is 1.06. The van der Waals surface area contributed by atoms with E-state index in [1.165, 1.54) is 0 Å². The van der Waals surface area contributed by atoms with E-state index in [9.17, 15) is 0 Å². The Hall–Kier alpha value is -3.09. The summed E-state index contributed by atoms with van der Waals surface area (Å²) in [6.07, 6.45) is 3.62. The highest BCUT2D eigenvalue weighted by Crippen LogP contribution is 2.24. The average Bonchev–Trinajstić information content (AvgIpc) is 3.05. The van der Waals surface area contributed by atoms with Gasteiger partial charge in [-0.1, -0.05) is 4.98 Å². The molecule has 0 amide bonds. The van der Waals surface area contributed by atoms with E-state index in [0.29, 0.717) is 11.8 Å². The van der Waals surface area contributed by atoms with Crippen molar-refractivity contribution in [1.29, 1.82) is 0 Å². The summed E-state index contributed by atoms with van der Waals surface area (Å²) >= 11 is 0. The lowest BCUT2D eigenvalue weighted by atomic mass is 10.2. The van der Waals surface area contributed by atoms with E-state index >= 15 is 0 Å². The van der Waals surface area contributed by atoms with Gasteiger partial charge < -0.3 is 11.1 Å². The van der Waals surface area contributed by atoms with Crippen molar-refractivity contribution >= 4 is 39.4 Å². The number of aromatic nitrogens is 5. The molecule has 3 aromatic heterocycles. The number of fused-ring (bicyclic) bond motifs is 2. The van der Waals surface area contributed by atoms with Crippen molar-refractivity contribution in [2.45, 2.75) is 0 Å². The van der Waals surface area contributed by atoms with E-state index in [2.05, 4.69) is 30.5 Å². The fourth-order valence-electron chi connectivity index (χ4n) is 2.26. The maximum Gasteiger partial charge on any atom is 0.344 e. The van der Waals surface area contributed by atoms with Gasteiger partial charge in [-0.05, 0) is 24.3 Å². The van der Waals surface area contributed by atoms with Crippen LogP contribution in [0.15, 0.2) is 36.7 Å². The Bertz CT molecular complexity index is 905. The van der Waals surface area contributed by atoms with Gasteiger partial charge in [0.2, 0.25) is 11.5 Å². The molecule has 7 nitrogen and oxygen atoms in total. The number of hydrogen-bond donors (Lipinski definition) is 4. The molecule has 1 aromatic carbocycles. The van der Waals surface area contributed by atoms with Gasteiger partial charge in [-0.15, -0.1) is 0 Å². The lowest BCUT2D eigenvalue weighted by molar-refractivity contribution is -0.333. The van der Waals surface area contributed by atoms with Gasteiger partial charge >= 0.3 is 5.95 Å². The number of hydrogen-bond acceptors (Lipinski definition) is 4. The fourth-order valence-corrected chi connectivity index (χ4v) is 2.26. The van der Waals surface area contributed by atoms with Crippen molar-refractivity contribution in [2.24, 2.45) is 0 Å². The van der Waals surface area contributed by atoms with E-state index in [0.717, 1.165) is 27.6 Å². The van der Waals surface area contributed by atoms with Gasteiger partial charge in [0, 0.05) is 17.3 Å². The molecule has 0 atom stereocenters. The molecule has 98 valence electrons. The molecule has 0 aliphatic heterocycles. The summed E-state index contributed by atoms with van der Waals surface area (Å²) in [6, 6.07) is 7.88. The molecular weight excluding hydrogens is 254 g/mol. The van der Waals surface area contributed by atoms with Crippen LogP contribution in [0.5, 0.6) is 0 Å². The van der Waals surface area contributed by atoms with Gasteiger partial charge in [-0.3, -0.25) is 10.1 Å². The number of H-pyrrole nitrogens is 3. The average molecular weight is 266 g/mol. The molecule has 7 heteroatoms. The first-order valence-corrected chi connectivity index (χ1v) is 6.16. The van der Waals surface area contributed by atoms with Crippen LogP contribution in [0.1, 0.15) is 0 Å². The molecule has 0 saturated carbocycles. The van der Waals surface area contributed by atoms with Gasteiger partial charge in [0.15, 0.2) is 0 Å². The number of nitrogens with zero attached hydrogens (tertiary/aromatic N) is 2. The zero-order chi connectivity index (χ0) is 13.5. The van der Waals surface area contributed by atoms with Gasteiger partial charge in [0.25, 0.3) is 0 Å². The first-order valence-electron chi connectivity index (χ1n) is 6.16. The van der Waals surface area contributed by atoms with Crippen LogP contribution in [0.3, 0.4) is 0 Å². The van der Waals surface area contributed by atoms with Crippen molar-refractivity contribution in [1.82, 2.24) is 20.2 Å². The summed E-state index contributed by atoms with van der Waals surface area (Å²) < 4.78 is 0. The van der Waals surface area contributed by atoms with Gasteiger partial charge in [0.05, 0.1) is 17.1 Å². The van der Waals surface area contributed by atoms with Gasteiger partial charge in [-0.25, -0.2) is 4.98 Å². The molecule has 6 N–H and O–H groups in total. The molecule has 0 fully saturated rings. The molecule has 20 heavy (non-hydrogen) atoms. The predicted molar refractivity (Wildman–Crippen MR) is 76.4 cm³/mol. The summed E-state index contributed by atoms with van der Waals surface area (Å²) in [5.41, 5.74) is 8.53. The van der Waals surface area contributed by atoms with Crippen LogP contribution in [0.4, 0.5) is 17.5 Å². The zero-order valence-corrected chi connectivity index (χ0v) is 10.4. The number of rotatable bonds is 2. The molecule has 0 aliphatic carbocycles. The first kappa shape index (κ1) is 10.8. The molecule has 0 bridgehead atoms. The number of anilines is 3. The molecule has 0 radical (unpaired) electrons. The van der Waals surface area contributed by atoms with E-state index in [1.807, 2.05) is 30.5 Å². The molecular formula is C13H12N7+. The number of aromatic amines is 3. The molecule has 4 rings (SSSR count). The Morgan fingerprint density at radius 1 is 1.25 bits per heavy atom. The van der Waals surface area contributed by atoms with Crippen LogP contribution < -0.4 is 16.0 Å². The van der Waals surface area contributed by atoms with Crippen LogP contribution in [0.2, 0.25) is 0 Å². The van der Waals surface area contributed by atoms with Crippen LogP contribution >= 0.6 is 0 Å². The second kappa shape index (κ2) is 3.95. The smallest absolute Gasteiger partial charge is 0.329 e. The topological polar surface area (TPSA) is 110 Å². The third-order valence-electron chi connectivity index (χ3n) is 3.19. The fraction of sp³-hybridized carbons (Fsp3) is 0. The minimum atomic E-state index is 0.354. The Labute approximate surface area is 113 Å². The molecule has 0 unspecified atom stereocenters. The number of nitrogens with two attached hydrogens (primary N) is 1. The summed E-state index contributed by atoms with van der Waals surface area (Å²) in [4.78, 5) is 10.4. The van der Waals surface area contributed by atoms with Crippen LogP contribution in [0.25, 0.3) is 21.9 Å². The Morgan fingerprint density at radius 3 is 3.15 bits per heavy atom. The lowest BCUT2D eigenvalue weighted by Crippen LogP contribution is -2.15. The van der Waals surface area contributed by atoms with Crippen molar-refractivity contribution < 1.29 is 4.98 Å². The Balaban J connectivity index is 1.81. The number of benzene rings is 1. The SMILES string of the molecule is Nc1nc(Nc2ccc3[nH]ncc3c2)c2cc[nH]c2[nH+]1. The minimum absolute atomic E-state index is 0.354. The highest BCUT2D eigenvalue weighted by Gasteiger charge is 2.12. The Kier molecular flexibility index (Phi) is 2.13. The van der Waals surface area contributed by atoms with Crippen LogP contribution in [0, 0.1) is 0 Å². The quantitative estimate of drug-likeness (QED) is 0.441. The number of nitrogens with one attached hydrogen (secondary N) is 4. The highest BCUT2D eigenvalue weighted by atomic mass is 15.1. The van der Waals surface area contributed by atoms with Gasteiger partial charge in [-0.2, -0.15) is 5.10 Å². The van der Waals surface area contributed by atoms with E-state index in [4.69, 9.17) is 5.73 Å². The summed E-state index contributed by atoms with van der Waals surface area (Å²) in [5, 5.41) is 12.2. The van der Waals surface area contributed by atoms with Crippen LogP contribution in [-0.4, -0.2) is 20.2 Å². The third kappa shape index (κ3) is 1.64. The minimum Gasteiger partial charge on any atom is -0.329 e. The summed E-state index contributed by atoms with van der Waals surface area (Å²) in [7, 11) is 0. The third-order valence-corrected chi connectivity index (χ3v) is 3.19. The predicted octanol–water partition coefficient (Wildman–Crippen LogP) is 1.58. The monoisotopic (exact) mass is 266 g/mol. The van der Waals surface area contributed by atoms with Gasteiger partial charge in [0.1, 0.15) is 0 Å². The van der Waals surface area contributed by atoms with E-state index in [1.54, 1.807) is 6.20 Å². The first-order chi connectivity index (χ1) is 9.79. The second-order valence-electron chi connectivity index (χ2n) is 4.53. The van der Waals surface area contributed by atoms with Crippen molar-refractivity contribution in [3.05, 3.63) is 36.7 Å². The molecule has 0 saturated heterocycles. The molecule has 0 aliphatic rings. The van der Waals surface area contributed by atoms with E-state index in [-0.39, 0.29) is 0 Å². The second-order valence-corrected chi connectivity index (χ2v) is 4.53.